The van der Waals surface area contributed by atoms with E-state index in [9.17, 15) is 47.4 Å². The van der Waals surface area contributed by atoms with Crippen molar-refractivity contribution < 1.29 is 31.1 Å². The van der Waals surface area contributed by atoms with Crippen LogP contribution in [0.5, 0.6) is 5.75 Å². The van der Waals surface area contributed by atoms with Gasteiger partial charge in [-0.2, -0.15) is 23.7 Å². The van der Waals surface area contributed by atoms with Gasteiger partial charge in [0.1, 0.15) is 11.8 Å². The molecule has 15 heteroatoms. The molecule has 0 spiro atoms. The lowest BCUT2D eigenvalue weighted by atomic mass is 9.85. The fourth-order valence-electron chi connectivity index (χ4n) is 4.30. The van der Waals surface area contributed by atoms with Gasteiger partial charge in [0, 0.05) is 11.1 Å². The molecule has 1 aromatic carbocycles. The lowest BCUT2D eigenvalue weighted by Crippen LogP contribution is -2.21. The van der Waals surface area contributed by atoms with Gasteiger partial charge in [-0.15, -0.1) is 13.2 Å². The number of allylic oxidation sites excluding steroid dienone is 6. The normalized spacial score (nSPS) is 16.1. The molecule has 9 nitrogen and oxygen atoms in total. The van der Waals surface area contributed by atoms with E-state index >= 15 is 0 Å². The van der Waals surface area contributed by atoms with E-state index in [1.165, 1.54) is 24.3 Å². The summed E-state index contributed by atoms with van der Waals surface area (Å²) in [5.41, 5.74) is -13.0. The van der Waals surface area contributed by atoms with Gasteiger partial charge in [0.05, 0.1) is 62.1 Å². The van der Waals surface area contributed by atoms with Crippen LogP contribution in [0.2, 0.25) is 0 Å². The monoisotopic (exact) mass is 544 g/mol. The molecule has 0 heterocycles. The molecule has 0 unspecified atom stereocenters. The van der Waals surface area contributed by atoms with Crippen LogP contribution >= 0.6 is 0 Å². The molecule has 1 aromatic rings. The van der Waals surface area contributed by atoms with Crippen LogP contribution in [-0.2, 0) is 6.42 Å². The molecule has 2 aliphatic rings. The summed E-state index contributed by atoms with van der Waals surface area (Å²) in [6.07, 6.45) is -12.9. The van der Waals surface area contributed by atoms with Crippen LogP contribution in [0.1, 0.15) is 27.8 Å². The molecule has 0 aliphatic heterocycles. The van der Waals surface area contributed by atoms with Crippen molar-refractivity contribution in [2.24, 2.45) is 0 Å². The van der Waals surface area contributed by atoms with Gasteiger partial charge in [-0.1, -0.05) is 0 Å². The average molecular weight is 544 g/mol. The summed E-state index contributed by atoms with van der Waals surface area (Å²) < 4.78 is 87.1. The highest BCUT2D eigenvalue weighted by Gasteiger charge is 2.47. The van der Waals surface area contributed by atoms with Crippen molar-refractivity contribution in [1.82, 2.24) is 0 Å². The first-order chi connectivity index (χ1) is 18.8. The van der Waals surface area contributed by atoms with E-state index in [1.54, 1.807) is 0 Å². The quantitative estimate of drug-likeness (QED) is 0.245. The topological polar surface area (TPSA) is 122 Å². The highest BCUT2D eigenvalue weighted by Crippen LogP contribution is 2.59. The van der Waals surface area contributed by atoms with E-state index in [2.05, 4.69) is 24.1 Å². The second-order valence-electron chi connectivity index (χ2n) is 7.44. The Hall–Kier alpha value is -6.52. The molecule has 0 radical (unpaired) electrons. The van der Waals surface area contributed by atoms with Gasteiger partial charge in [-0.25, -0.2) is 25.1 Å². The van der Waals surface area contributed by atoms with Gasteiger partial charge < -0.3 is 4.74 Å². The zero-order valence-corrected chi connectivity index (χ0v) is 19.0. The number of rotatable bonds is 2. The molecule has 3 rings (SSSR count). The summed E-state index contributed by atoms with van der Waals surface area (Å²) >= 11 is 0. The Kier molecular flexibility index (Phi) is 6.83. The lowest BCUT2D eigenvalue weighted by molar-refractivity contribution is -0.274. The largest absolute Gasteiger partial charge is 0.573 e. The second-order valence-corrected chi connectivity index (χ2v) is 7.44. The molecule has 190 valence electrons. The number of halogens is 6. The standard InChI is InChI=1S/C25H2F6N8O/c1-36-13(8-34)15-11(6-32)12(7-33)18-16(15)10(5-24(26,27)28)17-20(23(18)40-25(29,30)31)19(14(9-35)37-2)22(39-4)21(17)38-3/h5H2/b15-13-,19-14-. The summed E-state index contributed by atoms with van der Waals surface area (Å²) in [4.78, 5) is 11.7. The summed E-state index contributed by atoms with van der Waals surface area (Å²) in [5, 5.41) is 38.5. The maximum absolute atomic E-state index is 13.9. The third kappa shape index (κ3) is 4.20. The van der Waals surface area contributed by atoms with E-state index in [4.69, 9.17) is 26.3 Å². The minimum Gasteiger partial charge on any atom is -0.405 e. The fraction of sp³-hybridized carbons (Fsp3) is 0.120. The number of hydrogen-bond acceptors (Lipinski definition) is 5. The highest BCUT2D eigenvalue weighted by atomic mass is 19.4. The van der Waals surface area contributed by atoms with Crippen molar-refractivity contribution in [2.45, 2.75) is 19.0 Å². The minimum atomic E-state index is -5.64. The zero-order chi connectivity index (χ0) is 30.2. The van der Waals surface area contributed by atoms with Gasteiger partial charge in [0.2, 0.25) is 5.70 Å². The Bertz CT molecular complexity index is 1730. The van der Waals surface area contributed by atoms with E-state index < -0.39 is 97.6 Å². The van der Waals surface area contributed by atoms with E-state index in [0.29, 0.717) is 0 Å². The number of hydrogen-bond donors (Lipinski definition) is 0. The minimum absolute atomic E-state index is 0.905. The van der Waals surface area contributed by atoms with Crippen molar-refractivity contribution in [3.63, 3.8) is 0 Å². The number of benzene rings is 1. The molecule has 0 saturated carbocycles. The number of nitrogens with zero attached hydrogens (tertiary/aromatic N) is 8. The smallest absolute Gasteiger partial charge is 0.405 e. The third-order valence-electron chi connectivity index (χ3n) is 5.46. The molecule has 0 fully saturated rings. The SMILES string of the molecule is [C-]#[N+]C1=C([N+]#[C-])c2c(CC(F)(F)F)c3c(c(OC(F)(F)F)c2/C1=C(\C#N)[N+]#[C-])C(C#N)=C(C#N)/C3=C(\C#N)[N+]#[C-]. The molecule has 2 aliphatic carbocycles. The third-order valence-corrected chi connectivity index (χ3v) is 5.46. The molecule has 0 amide bonds. The first-order valence-corrected chi connectivity index (χ1v) is 9.93. The number of fused-ring (bicyclic) bond motifs is 2. The Balaban J connectivity index is 2.94. The van der Waals surface area contributed by atoms with Crippen molar-refractivity contribution in [3.05, 3.63) is 96.2 Å². The van der Waals surface area contributed by atoms with Gasteiger partial charge in [0.15, 0.2) is 5.70 Å². The Morgan fingerprint density at radius 3 is 1.62 bits per heavy atom. The van der Waals surface area contributed by atoms with Crippen molar-refractivity contribution in [2.75, 3.05) is 0 Å². The first-order valence-electron chi connectivity index (χ1n) is 9.93. The predicted octanol–water partition coefficient (Wildman–Crippen LogP) is 6.33. The number of ether oxygens (including phenoxy) is 1. The summed E-state index contributed by atoms with van der Waals surface area (Å²) in [7, 11) is 0. The van der Waals surface area contributed by atoms with Crippen LogP contribution in [0.4, 0.5) is 26.3 Å². The molecule has 0 bridgehead atoms. The van der Waals surface area contributed by atoms with Crippen LogP contribution in [0.25, 0.3) is 41.8 Å². The Morgan fingerprint density at radius 1 is 0.700 bits per heavy atom. The van der Waals surface area contributed by atoms with Crippen LogP contribution < -0.4 is 4.74 Å². The fourth-order valence-corrected chi connectivity index (χ4v) is 4.30. The highest BCUT2D eigenvalue weighted by molar-refractivity contribution is 6.16. The van der Waals surface area contributed by atoms with Crippen molar-refractivity contribution >= 4 is 22.4 Å². The Labute approximate surface area is 220 Å². The second kappa shape index (κ2) is 9.74. The van der Waals surface area contributed by atoms with Crippen LogP contribution in [0.3, 0.4) is 0 Å². The maximum atomic E-state index is 13.9. The summed E-state index contributed by atoms with van der Waals surface area (Å²) in [6.45, 7) is 29.5. The molecule has 0 saturated heterocycles. The Morgan fingerprint density at radius 2 is 1.23 bits per heavy atom. The van der Waals surface area contributed by atoms with E-state index in [0.717, 1.165) is 0 Å². The zero-order valence-electron chi connectivity index (χ0n) is 19.0. The van der Waals surface area contributed by atoms with E-state index in [1.807, 2.05) is 0 Å². The molecular weight excluding hydrogens is 542 g/mol. The predicted molar refractivity (Wildman–Crippen MR) is 119 cm³/mol. The molecular formula is C25H2F6N8O. The molecule has 0 atom stereocenters. The van der Waals surface area contributed by atoms with Crippen LogP contribution in [-0.4, -0.2) is 12.5 Å². The average Bonchev–Trinajstić information content (AvgIpc) is 3.39. The van der Waals surface area contributed by atoms with Crippen molar-refractivity contribution in [1.29, 1.82) is 21.0 Å². The van der Waals surface area contributed by atoms with Crippen molar-refractivity contribution in [3.8, 4) is 30.0 Å². The van der Waals surface area contributed by atoms with Gasteiger partial charge >= 0.3 is 12.5 Å². The number of nitriles is 4. The summed E-state index contributed by atoms with van der Waals surface area (Å²) in [6, 6.07) is 5.47. The van der Waals surface area contributed by atoms with Crippen LogP contribution in [0, 0.1) is 71.6 Å². The number of alkyl halides is 6. The van der Waals surface area contributed by atoms with E-state index in [-0.39, 0.29) is 0 Å². The summed E-state index contributed by atoms with van der Waals surface area (Å²) in [5.74, 6) is -1.49. The van der Waals surface area contributed by atoms with Gasteiger partial charge in [-0.3, -0.25) is 4.85 Å². The first kappa shape index (κ1) is 28.1. The lowest BCUT2D eigenvalue weighted by Gasteiger charge is -2.24. The van der Waals surface area contributed by atoms with Gasteiger partial charge in [0.25, 0.3) is 11.4 Å². The van der Waals surface area contributed by atoms with Gasteiger partial charge in [-0.05, 0) is 27.8 Å². The molecule has 40 heavy (non-hydrogen) atoms. The molecule has 0 aromatic heterocycles. The van der Waals surface area contributed by atoms with Crippen LogP contribution in [0.15, 0.2) is 22.7 Å². The maximum Gasteiger partial charge on any atom is 0.573 e. The molecule has 0 N–H and O–H groups in total.